The molecule has 1 rings (SSSR count). The minimum Gasteiger partial charge on any atom is -0.497 e. The number of ether oxygens (including phenoxy) is 2. The molecule has 0 fully saturated rings. The molecule has 5 heteroatoms. The number of hydrogen-bond acceptors (Lipinski definition) is 4. The Bertz CT molecular complexity index is 401. The zero-order chi connectivity index (χ0) is 14.3. The van der Waals surface area contributed by atoms with Crippen LogP contribution in [-0.2, 0) is 16.0 Å². The molecule has 0 amide bonds. The largest absolute Gasteiger partial charge is 0.497 e. The number of carboxylic acids is 1. The summed E-state index contributed by atoms with van der Waals surface area (Å²) in [6, 6.07) is 7.46. The van der Waals surface area contributed by atoms with E-state index in [1.165, 1.54) is 6.92 Å². The van der Waals surface area contributed by atoms with Gasteiger partial charge in [0.1, 0.15) is 5.75 Å². The summed E-state index contributed by atoms with van der Waals surface area (Å²) in [6.07, 6.45) is 0.923. The standard InChI is InChI=1S/C14H20O5/c1-14(13(16)17,19-10-9-15)8-7-11-3-5-12(18-2)6-4-11/h3-6,15H,7-10H2,1-2H3,(H,16,17). The number of aliphatic hydroxyl groups excluding tert-OH is 1. The molecule has 0 saturated heterocycles. The number of aryl methyl sites for hydroxylation is 1. The van der Waals surface area contributed by atoms with Crippen LogP contribution in [-0.4, -0.2) is 42.1 Å². The quantitative estimate of drug-likeness (QED) is 0.747. The molecule has 1 atom stereocenters. The van der Waals surface area contributed by atoms with Gasteiger partial charge < -0.3 is 19.7 Å². The molecular weight excluding hydrogens is 248 g/mol. The molecule has 5 nitrogen and oxygen atoms in total. The first kappa shape index (κ1) is 15.5. The van der Waals surface area contributed by atoms with Gasteiger partial charge in [0.2, 0.25) is 0 Å². The Labute approximate surface area is 112 Å². The van der Waals surface area contributed by atoms with Crippen LogP contribution in [0.2, 0.25) is 0 Å². The van der Waals surface area contributed by atoms with Gasteiger partial charge in [0.05, 0.1) is 20.3 Å². The summed E-state index contributed by atoms with van der Waals surface area (Å²) in [7, 11) is 1.60. The predicted molar refractivity (Wildman–Crippen MR) is 70.4 cm³/mol. The molecule has 0 aliphatic carbocycles. The fourth-order valence-electron chi connectivity index (χ4n) is 1.69. The normalized spacial score (nSPS) is 13.8. The van der Waals surface area contributed by atoms with E-state index < -0.39 is 11.6 Å². The fraction of sp³-hybridized carbons (Fsp3) is 0.500. The lowest BCUT2D eigenvalue weighted by molar-refractivity contribution is -0.165. The van der Waals surface area contributed by atoms with Gasteiger partial charge in [-0.25, -0.2) is 4.79 Å². The number of aliphatic hydroxyl groups is 1. The first-order chi connectivity index (χ1) is 9.01. The molecule has 19 heavy (non-hydrogen) atoms. The molecule has 1 unspecified atom stereocenters. The zero-order valence-electron chi connectivity index (χ0n) is 11.3. The van der Waals surface area contributed by atoms with Crippen molar-refractivity contribution in [2.45, 2.75) is 25.4 Å². The van der Waals surface area contributed by atoms with E-state index in [1.807, 2.05) is 24.3 Å². The lowest BCUT2D eigenvalue weighted by atomic mass is 9.96. The Kier molecular flexibility index (Phi) is 5.79. The molecule has 0 aliphatic rings. The van der Waals surface area contributed by atoms with E-state index >= 15 is 0 Å². The minimum absolute atomic E-state index is 0.0193. The monoisotopic (exact) mass is 268 g/mol. The van der Waals surface area contributed by atoms with E-state index in [4.69, 9.17) is 14.6 Å². The van der Waals surface area contributed by atoms with E-state index in [0.717, 1.165) is 11.3 Å². The summed E-state index contributed by atoms with van der Waals surface area (Å²) in [5.41, 5.74) is -0.260. The van der Waals surface area contributed by atoms with Gasteiger partial charge in [0, 0.05) is 0 Å². The smallest absolute Gasteiger partial charge is 0.335 e. The van der Waals surface area contributed by atoms with Crippen LogP contribution in [0.15, 0.2) is 24.3 Å². The van der Waals surface area contributed by atoms with Gasteiger partial charge in [-0.15, -0.1) is 0 Å². The SMILES string of the molecule is COc1ccc(CCC(C)(OCCO)C(=O)O)cc1. The maximum atomic E-state index is 11.2. The molecule has 2 N–H and O–H groups in total. The van der Waals surface area contributed by atoms with Crippen molar-refractivity contribution in [1.29, 1.82) is 0 Å². The number of carboxylic acid groups (broad SMARTS) is 1. The third-order valence-electron chi connectivity index (χ3n) is 3.01. The lowest BCUT2D eigenvalue weighted by Gasteiger charge is -2.25. The molecule has 106 valence electrons. The van der Waals surface area contributed by atoms with Crippen molar-refractivity contribution in [3.63, 3.8) is 0 Å². The molecule has 0 aromatic heterocycles. The Morgan fingerprint density at radius 1 is 1.32 bits per heavy atom. The van der Waals surface area contributed by atoms with Gasteiger partial charge in [0.15, 0.2) is 5.60 Å². The second-order valence-corrected chi connectivity index (χ2v) is 4.46. The Balaban J connectivity index is 2.62. The molecule has 0 aliphatic heterocycles. The first-order valence-corrected chi connectivity index (χ1v) is 6.13. The average molecular weight is 268 g/mol. The van der Waals surface area contributed by atoms with Crippen molar-refractivity contribution < 1.29 is 24.5 Å². The lowest BCUT2D eigenvalue weighted by Crippen LogP contribution is -2.39. The first-order valence-electron chi connectivity index (χ1n) is 6.13. The second kappa shape index (κ2) is 7.11. The van der Waals surface area contributed by atoms with Crippen molar-refractivity contribution in [3.05, 3.63) is 29.8 Å². The van der Waals surface area contributed by atoms with Crippen molar-refractivity contribution >= 4 is 5.97 Å². The summed E-state index contributed by atoms with van der Waals surface area (Å²) in [6.45, 7) is 1.35. The van der Waals surface area contributed by atoms with E-state index in [1.54, 1.807) is 7.11 Å². The van der Waals surface area contributed by atoms with Crippen LogP contribution in [0, 0.1) is 0 Å². The second-order valence-electron chi connectivity index (χ2n) is 4.46. The fourth-order valence-corrected chi connectivity index (χ4v) is 1.69. The third kappa shape index (κ3) is 4.54. The van der Waals surface area contributed by atoms with E-state index in [0.29, 0.717) is 12.8 Å². The number of aliphatic carboxylic acids is 1. The highest BCUT2D eigenvalue weighted by molar-refractivity contribution is 5.76. The van der Waals surface area contributed by atoms with Gasteiger partial charge in [0.25, 0.3) is 0 Å². The maximum absolute atomic E-state index is 11.2. The van der Waals surface area contributed by atoms with Gasteiger partial charge in [-0.3, -0.25) is 0 Å². The summed E-state index contributed by atoms with van der Waals surface area (Å²) in [5.74, 6) is -0.254. The van der Waals surface area contributed by atoms with Crippen molar-refractivity contribution in [1.82, 2.24) is 0 Å². The molecule has 1 aromatic rings. The van der Waals surface area contributed by atoms with Crippen LogP contribution in [0.4, 0.5) is 0 Å². The van der Waals surface area contributed by atoms with E-state index in [-0.39, 0.29) is 13.2 Å². The Hall–Kier alpha value is -1.59. The van der Waals surface area contributed by atoms with Crippen LogP contribution in [0.5, 0.6) is 5.75 Å². The summed E-state index contributed by atoms with van der Waals surface area (Å²) >= 11 is 0. The van der Waals surface area contributed by atoms with Gasteiger partial charge >= 0.3 is 5.97 Å². The van der Waals surface area contributed by atoms with Crippen LogP contribution in [0.1, 0.15) is 18.9 Å². The van der Waals surface area contributed by atoms with Crippen molar-refractivity contribution in [2.24, 2.45) is 0 Å². The molecule has 1 aromatic carbocycles. The number of rotatable bonds is 8. The number of hydrogen-bond donors (Lipinski definition) is 2. The summed E-state index contributed by atoms with van der Waals surface area (Å²) in [5, 5.41) is 17.9. The highest BCUT2D eigenvalue weighted by atomic mass is 16.5. The van der Waals surface area contributed by atoms with Crippen molar-refractivity contribution in [2.75, 3.05) is 20.3 Å². The third-order valence-corrected chi connectivity index (χ3v) is 3.01. The Morgan fingerprint density at radius 2 is 1.95 bits per heavy atom. The average Bonchev–Trinajstić information content (AvgIpc) is 2.43. The number of benzene rings is 1. The predicted octanol–water partition coefficient (Wildman–Crippen LogP) is 1.48. The summed E-state index contributed by atoms with van der Waals surface area (Å²) in [4.78, 5) is 11.2. The highest BCUT2D eigenvalue weighted by Gasteiger charge is 2.33. The van der Waals surface area contributed by atoms with Gasteiger partial charge in [-0.1, -0.05) is 12.1 Å². The molecule has 0 spiro atoms. The molecule has 0 heterocycles. The zero-order valence-corrected chi connectivity index (χ0v) is 11.3. The van der Waals surface area contributed by atoms with Crippen LogP contribution < -0.4 is 4.74 Å². The topological polar surface area (TPSA) is 76.0 Å². The number of methoxy groups -OCH3 is 1. The van der Waals surface area contributed by atoms with Crippen molar-refractivity contribution in [3.8, 4) is 5.75 Å². The molecule has 0 bridgehead atoms. The Morgan fingerprint density at radius 3 is 2.42 bits per heavy atom. The minimum atomic E-state index is -1.28. The van der Waals surface area contributed by atoms with E-state index in [9.17, 15) is 9.90 Å². The number of carbonyl (C=O) groups is 1. The van der Waals surface area contributed by atoms with Crippen LogP contribution in [0.25, 0.3) is 0 Å². The van der Waals surface area contributed by atoms with Crippen LogP contribution in [0.3, 0.4) is 0 Å². The highest BCUT2D eigenvalue weighted by Crippen LogP contribution is 2.20. The molecule has 0 saturated carbocycles. The maximum Gasteiger partial charge on any atom is 0.335 e. The molecule has 0 radical (unpaired) electrons. The van der Waals surface area contributed by atoms with Gasteiger partial charge in [-0.2, -0.15) is 0 Å². The van der Waals surface area contributed by atoms with E-state index in [2.05, 4.69) is 0 Å². The summed E-state index contributed by atoms with van der Waals surface area (Å²) < 4.78 is 10.3. The van der Waals surface area contributed by atoms with Gasteiger partial charge in [-0.05, 0) is 37.5 Å². The van der Waals surface area contributed by atoms with Crippen LogP contribution >= 0.6 is 0 Å². The molecular formula is C14H20O5.